The molecule has 1 aromatic carbocycles. The molecule has 5 nitrogen and oxygen atoms in total. The molecule has 3 rings (SSSR count). The van der Waals surface area contributed by atoms with Gasteiger partial charge in [0.15, 0.2) is 0 Å². The number of aromatic nitrogens is 2. The highest BCUT2D eigenvalue weighted by Crippen LogP contribution is 2.26. The van der Waals surface area contributed by atoms with E-state index in [1.165, 1.54) is 19.3 Å². The van der Waals surface area contributed by atoms with Gasteiger partial charge in [-0.2, -0.15) is 4.98 Å². The summed E-state index contributed by atoms with van der Waals surface area (Å²) in [6.45, 7) is 1.97. The molecule has 19 heavy (non-hydrogen) atoms. The fourth-order valence-electron chi connectivity index (χ4n) is 2.29. The summed E-state index contributed by atoms with van der Waals surface area (Å²) in [6.07, 6.45) is 3.62. The number of anilines is 2. The van der Waals surface area contributed by atoms with Gasteiger partial charge in [-0.3, -0.25) is 0 Å². The van der Waals surface area contributed by atoms with Crippen LogP contribution in [0.4, 0.5) is 11.6 Å². The Labute approximate surface area is 116 Å². The number of nitrogens with two attached hydrogens (primary N) is 1. The van der Waals surface area contributed by atoms with E-state index in [0.717, 1.165) is 18.7 Å². The summed E-state index contributed by atoms with van der Waals surface area (Å²) < 4.78 is 5.30. The minimum Gasteiger partial charge on any atom is -0.399 e. The number of hydrogen-bond acceptors (Lipinski definition) is 5. The molecule has 2 aromatic rings. The molecule has 0 radical (unpaired) electrons. The quantitative estimate of drug-likeness (QED) is 0.856. The van der Waals surface area contributed by atoms with Crippen LogP contribution in [0, 0.1) is 0 Å². The standard InChI is InChI=1S/C13H15ClN4O/c14-10-6-9(7-11(15)8-10)12-16-13(17-19-12)18-4-2-1-3-5-18/h6-8H,1-5,15H2. The Morgan fingerprint density at radius 1 is 1.16 bits per heavy atom. The minimum absolute atomic E-state index is 0.453. The molecule has 1 aliphatic rings. The van der Waals surface area contributed by atoms with E-state index in [1.54, 1.807) is 18.2 Å². The van der Waals surface area contributed by atoms with Gasteiger partial charge in [-0.15, -0.1) is 0 Å². The molecule has 0 bridgehead atoms. The molecule has 0 amide bonds. The Hall–Kier alpha value is -1.75. The molecule has 100 valence electrons. The monoisotopic (exact) mass is 278 g/mol. The maximum Gasteiger partial charge on any atom is 0.266 e. The van der Waals surface area contributed by atoms with Gasteiger partial charge in [0.05, 0.1) is 0 Å². The van der Waals surface area contributed by atoms with Crippen molar-refractivity contribution >= 4 is 23.2 Å². The van der Waals surface area contributed by atoms with E-state index in [9.17, 15) is 0 Å². The van der Waals surface area contributed by atoms with Gasteiger partial charge in [0, 0.05) is 29.4 Å². The number of nitrogen functional groups attached to an aromatic ring is 1. The predicted molar refractivity (Wildman–Crippen MR) is 75.2 cm³/mol. The molecule has 1 aromatic heterocycles. The van der Waals surface area contributed by atoms with Gasteiger partial charge >= 0.3 is 0 Å². The van der Waals surface area contributed by atoms with Crippen molar-refractivity contribution in [3.8, 4) is 11.5 Å². The number of rotatable bonds is 2. The third-order valence-electron chi connectivity index (χ3n) is 3.22. The average molecular weight is 279 g/mol. The average Bonchev–Trinajstić information content (AvgIpc) is 2.88. The smallest absolute Gasteiger partial charge is 0.266 e. The van der Waals surface area contributed by atoms with Crippen molar-refractivity contribution in [3.63, 3.8) is 0 Å². The van der Waals surface area contributed by atoms with E-state index in [1.807, 2.05) is 0 Å². The molecule has 0 aliphatic carbocycles. The van der Waals surface area contributed by atoms with Crippen molar-refractivity contribution in [2.45, 2.75) is 19.3 Å². The highest BCUT2D eigenvalue weighted by Gasteiger charge is 2.17. The van der Waals surface area contributed by atoms with Crippen LogP contribution < -0.4 is 10.6 Å². The molecular weight excluding hydrogens is 264 g/mol. The van der Waals surface area contributed by atoms with Crippen molar-refractivity contribution in [1.82, 2.24) is 10.1 Å². The van der Waals surface area contributed by atoms with E-state index in [2.05, 4.69) is 15.0 Å². The van der Waals surface area contributed by atoms with Crippen molar-refractivity contribution in [2.24, 2.45) is 0 Å². The zero-order valence-corrected chi connectivity index (χ0v) is 11.2. The van der Waals surface area contributed by atoms with Crippen molar-refractivity contribution < 1.29 is 4.52 Å². The molecule has 2 heterocycles. The van der Waals surface area contributed by atoms with Gasteiger partial charge in [-0.25, -0.2) is 0 Å². The number of benzene rings is 1. The molecule has 6 heteroatoms. The molecule has 2 N–H and O–H groups in total. The lowest BCUT2D eigenvalue weighted by Gasteiger charge is -2.24. The Bertz CT molecular complexity index is 558. The first kappa shape index (κ1) is 12.3. The fourth-order valence-corrected chi connectivity index (χ4v) is 2.53. The summed E-state index contributed by atoms with van der Waals surface area (Å²) in [7, 11) is 0. The molecule has 1 saturated heterocycles. The van der Waals surface area contributed by atoms with Gasteiger partial charge in [-0.05, 0) is 42.6 Å². The number of nitrogens with zero attached hydrogens (tertiary/aromatic N) is 3. The van der Waals surface area contributed by atoms with Crippen LogP contribution in [0.15, 0.2) is 22.7 Å². The maximum absolute atomic E-state index is 5.98. The molecule has 0 spiro atoms. The first-order chi connectivity index (χ1) is 9.22. The van der Waals surface area contributed by atoms with Crippen LogP contribution in [-0.2, 0) is 0 Å². The summed E-state index contributed by atoms with van der Waals surface area (Å²) in [5, 5.41) is 4.59. The fraction of sp³-hybridized carbons (Fsp3) is 0.385. The Balaban J connectivity index is 1.87. The topological polar surface area (TPSA) is 68.2 Å². The van der Waals surface area contributed by atoms with Crippen LogP contribution >= 0.6 is 11.6 Å². The van der Waals surface area contributed by atoms with Crippen LogP contribution in [-0.4, -0.2) is 23.2 Å². The lowest BCUT2D eigenvalue weighted by molar-refractivity contribution is 0.426. The van der Waals surface area contributed by atoms with Crippen molar-refractivity contribution in [1.29, 1.82) is 0 Å². The van der Waals surface area contributed by atoms with E-state index in [0.29, 0.717) is 22.5 Å². The first-order valence-corrected chi connectivity index (χ1v) is 6.75. The summed E-state index contributed by atoms with van der Waals surface area (Å²) in [5.41, 5.74) is 7.10. The third-order valence-corrected chi connectivity index (χ3v) is 3.44. The van der Waals surface area contributed by atoms with Crippen LogP contribution in [0.2, 0.25) is 5.02 Å². The van der Waals surface area contributed by atoms with Crippen LogP contribution in [0.3, 0.4) is 0 Å². The Morgan fingerprint density at radius 3 is 2.68 bits per heavy atom. The summed E-state index contributed by atoms with van der Waals surface area (Å²) >= 11 is 5.98. The van der Waals surface area contributed by atoms with E-state index in [4.69, 9.17) is 21.9 Å². The summed E-state index contributed by atoms with van der Waals surface area (Å²) in [6, 6.07) is 5.23. The second kappa shape index (κ2) is 5.09. The molecule has 1 aliphatic heterocycles. The minimum atomic E-state index is 0.453. The molecule has 0 unspecified atom stereocenters. The van der Waals surface area contributed by atoms with Gasteiger partial charge in [0.2, 0.25) is 0 Å². The Morgan fingerprint density at radius 2 is 1.95 bits per heavy atom. The third kappa shape index (κ3) is 2.66. The van der Waals surface area contributed by atoms with Gasteiger partial charge < -0.3 is 15.2 Å². The van der Waals surface area contributed by atoms with Gasteiger partial charge in [0.1, 0.15) is 0 Å². The zero-order chi connectivity index (χ0) is 13.2. The largest absolute Gasteiger partial charge is 0.399 e. The second-order valence-electron chi connectivity index (χ2n) is 4.72. The van der Waals surface area contributed by atoms with E-state index < -0.39 is 0 Å². The lowest BCUT2D eigenvalue weighted by atomic mass is 10.1. The molecule has 0 saturated carbocycles. The normalized spacial score (nSPS) is 15.7. The van der Waals surface area contributed by atoms with Crippen LogP contribution in [0.5, 0.6) is 0 Å². The van der Waals surface area contributed by atoms with Crippen LogP contribution in [0.1, 0.15) is 19.3 Å². The molecule has 0 atom stereocenters. The highest BCUT2D eigenvalue weighted by atomic mass is 35.5. The van der Waals surface area contributed by atoms with Crippen LogP contribution in [0.25, 0.3) is 11.5 Å². The van der Waals surface area contributed by atoms with Crippen molar-refractivity contribution in [3.05, 3.63) is 23.2 Å². The van der Waals surface area contributed by atoms with Gasteiger partial charge in [-0.1, -0.05) is 11.6 Å². The highest BCUT2D eigenvalue weighted by molar-refractivity contribution is 6.31. The van der Waals surface area contributed by atoms with E-state index >= 15 is 0 Å². The number of hydrogen-bond donors (Lipinski definition) is 1. The SMILES string of the molecule is Nc1cc(Cl)cc(-c2nc(N3CCCCC3)no2)c1. The number of piperidine rings is 1. The van der Waals surface area contributed by atoms with Gasteiger partial charge in [0.25, 0.3) is 11.8 Å². The number of halogens is 1. The van der Waals surface area contributed by atoms with Crippen molar-refractivity contribution in [2.75, 3.05) is 23.7 Å². The molecular formula is C13H15ClN4O. The lowest BCUT2D eigenvalue weighted by Crippen LogP contribution is -2.30. The second-order valence-corrected chi connectivity index (χ2v) is 5.16. The maximum atomic E-state index is 5.98. The zero-order valence-electron chi connectivity index (χ0n) is 10.5. The first-order valence-electron chi connectivity index (χ1n) is 6.37. The molecule has 1 fully saturated rings. The Kier molecular flexibility index (Phi) is 3.29. The summed E-state index contributed by atoms with van der Waals surface area (Å²) in [4.78, 5) is 6.56. The van der Waals surface area contributed by atoms with E-state index in [-0.39, 0.29) is 0 Å². The predicted octanol–water partition coefficient (Wildman–Crippen LogP) is 2.96. The summed E-state index contributed by atoms with van der Waals surface area (Å²) in [5.74, 6) is 1.10.